The van der Waals surface area contributed by atoms with Gasteiger partial charge in [0.15, 0.2) is 0 Å². The molecule has 0 aromatic heterocycles. The third-order valence-electron chi connectivity index (χ3n) is 10.3. The molecule has 0 saturated heterocycles. The van der Waals surface area contributed by atoms with Crippen molar-refractivity contribution in [3.8, 4) is 0 Å². The van der Waals surface area contributed by atoms with Crippen LogP contribution < -0.4 is 0 Å². The molecule has 3 N–H and O–H groups in total. The van der Waals surface area contributed by atoms with E-state index in [1.807, 2.05) is 13.8 Å². The highest BCUT2D eigenvalue weighted by atomic mass is 32.3. The summed E-state index contributed by atoms with van der Waals surface area (Å²) in [4.78, 5) is 24.7. The molecule has 0 spiro atoms. The monoisotopic (exact) mass is 486 g/mol. The van der Waals surface area contributed by atoms with Crippen LogP contribution in [0.1, 0.15) is 78.6 Å². The van der Waals surface area contributed by atoms with Crippen LogP contribution in [0.2, 0.25) is 0 Å². The lowest BCUT2D eigenvalue weighted by molar-refractivity contribution is -0.178. The van der Waals surface area contributed by atoms with Crippen molar-refractivity contribution in [2.75, 3.05) is 0 Å². The van der Waals surface area contributed by atoms with Crippen LogP contribution in [0.25, 0.3) is 0 Å². The molecule has 4 rings (SSSR count). The van der Waals surface area contributed by atoms with Crippen molar-refractivity contribution < 1.29 is 37.0 Å². The number of hydrogen-bond donors (Lipinski definition) is 3. The molecule has 33 heavy (non-hydrogen) atoms. The van der Waals surface area contributed by atoms with Gasteiger partial charge in [0.25, 0.3) is 0 Å². The molecule has 0 radical (unpaired) electrons. The Morgan fingerprint density at radius 1 is 1.18 bits per heavy atom. The minimum Gasteiger partial charge on any atom is -0.481 e. The molecular weight excluding hydrogens is 448 g/mol. The van der Waals surface area contributed by atoms with E-state index in [0.717, 1.165) is 19.3 Å². The molecule has 10 atom stereocenters. The Balaban J connectivity index is 1.72. The number of Topliss-reactive ketones (excluding diaryl/α,β-unsaturated/α-hetero) is 1. The summed E-state index contributed by atoms with van der Waals surface area (Å²) >= 11 is 0. The number of carbonyl (C=O) groups is 2. The zero-order valence-electron chi connectivity index (χ0n) is 19.8. The third kappa shape index (κ3) is 4.28. The van der Waals surface area contributed by atoms with Gasteiger partial charge in [-0.25, -0.2) is 4.18 Å². The number of hydrogen-bond acceptors (Lipinski definition) is 6. The second-order valence-corrected chi connectivity index (χ2v) is 12.8. The topological polar surface area (TPSA) is 138 Å². The predicted molar refractivity (Wildman–Crippen MR) is 119 cm³/mol. The maximum absolute atomic E-state index is 13.5. The number of carbonyl (C=O) groups excluding carboxylic acids is 1. The molecule has 4 saturated carbocycles. The maximum Gasteiger partial charge on any atom is 0.397 e. The molecule has 0 heterocycles. The minimum atomic E-state index is -4.70. The standard InChI is InChI=1S/C24H38O8S/c1-13(4-7-21(27)28)16-5-6-17-22-18(12-20(24(16,17)3)32-33(29,30)31)23(2)9-8-15(25)10-14(23)11-19(22)26/h13-18,20,22,25H,4-12H2,1-3H3,(H,27,28)(H,29,30,31)/t13-,14+,15-,16-,17+,18+,20+,22+,23+,24-/m1/s1. The summed E-state index contributed by atoms with van der Waals surface area (Å²) in [7, 11) is -4.70. The van der Waals surface area contributed by atoms with Gasteiger partial charge in [0.1, 0.15) is 5.78 Å². The van der Waals surface area contributed by atoms with Crippen molar-refractivity contribution in [3.05, 3.63) is 0 Å². The number of rotatable bonds is 6. The van der Waals surface area contributed by atoms with Gasteiger partial charge in [0.2, 0.25) is 0 Å². The van der Waals surface area contributed by atoms with Gasteiger partial charge in [-0.2, -0.15) is 8.42 Å². The highest BCUT2D eigenvalue weighted by molar-refractivity contribution is 7.80. The smallest absolute Gasteiger partial charge is 0.397 e. The number of fused-ring (bicyclic) bond motifs is 5. The van der Waals surface area contributed by atoms with Gasteiger partial charge >= 0.3 is 16.4 Å². The van der Waals surface area contributed by atoms with Gasteiger partial charge in [0, 0.05) is 24.2 Å². The summed E-state index contributed by atoms with van der Waals surface area (Å²) in [5.74, 6) is -0.893. The van der Waals surface area contributed by atoms with Crippen molar-refractivity contribution >= 4 is 22.2 Å². The number of aliphatic hydroxyl groups is 1. The molecule has 0 bridgehead atoms. The van der Waals surface area contributed by atoms with Crippen molar-refractivity contribution in [1.82, 2.24) is 0 Å². The molecule has 0 aliphatic heterocycles. The van der Waals surface area contributed by atoms with Gasteiger partial charge < -0.3 is 10.2 Å². The first-order valence-electron chi connectivity index (χ1n) is 12.4. The van der Waals surface area contributed by atoms with E-state index in [-0.39, 0.29) is 53.1 Å². The predicted octanol–water partition coefficient (Wildman–Crippen LogP) is 3.48. The third-order valence-corrected chi connectivity index (χ3v) is 10.8. The van der Waals surface area contributed by atoms with Gasteiger partial charge in [0.05, 0.1) is 12.2 Å². The average molecular weight is 487 g/mol. The van der Waals surface area contributed by atoms with E-state index in [1.165, 1.54) is 0 Å². The Morgan fingerprint density at radius 2 is 1.88 bits per heavy atom. The number of aliphatic carboxylic acids is 1. The van der Waals surface area contributed by atoms with Gasteiger partial charge in [-0.05, 0) is 80.0 Å². The fraction of sp³-hybridized carbons (Fsp3) is 0.917. The second-order valence-electron chi connectivity index (χ2n) is 11.7. The Labute approximate surface area is 196 Å². The van der Waals surface area contributed by atoms with Crippen LogP contribution in [0.4, 0.5) is 0 Å². The van der Waals surface area contributed by atoms with E-state index in [0.29, 0.717) is 32.1 Å². The number of carboxylic acid groups (broad SMARTS) is 1. The SMILES string of the molecule is C[C@H](CCC(=O)O)[C@H]1CC[C@H]2[C@@H]3C(=O)C[C@@H]4C[C@H](O)CC[C@]4(C)[C@H]3C[C@H](OS(=O)(=O)O)[C@]12C. The first-order chi connectivity index (χ1) is 15.3. The van der Waals surface area contributed by atoms with E-state index in [2.05, 4.69) is 6.92 Å². The summed E-state index contributed by atoms with van der Waals surface area (Å²) in [5.41, 5.74) is -0.838. The van der Waals surface area contributed by atoms with Crippen LogP contribution in [0.15, 0.2) is 0 Å². The lowest BCUT2D eigenvalue weighted by Crippen LogP contribution is -2.62. The lowest BCUT2D eigenvalue weighted by Gasteiger charge is -2.61. The first kappa shape index (κ1) is 25.1. The van der Waals surface area contributed by atoms with Gasteiger partial charge in [-0.1, -0.05) is 20.8 Å². The highest BCUT2D eigenvalue weighted by Gasteiger charge is 2.67. The largest absolute Gasteiger partial charge is 0.481 e. The Hall–Kier alpha value is -1.03. The van der Waals surface area contributed by atoms with Crippen LogP contribution in [0.3, 0.4) is 0 Å². The molecule has 0 unspecified atom stereocenters. The quantitative estimate of drug-likeness (QED) is 0.485. The summed E-state index contributed by atoms with van der Waals surface area (Å²) < 4.78 is 38.9. The average Bonchev–Trinajstić information content (AvgIpc) is 3.05. The molecule has 4 aliphatic carbocycles. The molecule has 4 aliphatic rings. The van der Waals surface area contributed by atoms with E-state index in [4.69, 9.17) is 9.29 Å². The van der Waals surface area contributed by atoms with Gasteiger partial charge in [-0.15, -0.1) is 0 Å². The summed E-state index contributed by atoms with van der Waals surface area (Å²) in [6.07, 6.45) is 3.74. The maximum atomic E-state index is 13.5. The van der Waals surface area contributed by atoms with Crippen LogP contribution in [0, 0.1) is 46.3 Å². The van der Waals surface area contributed by atoms with E-state index in [9.17, 15) is 27.7 Å². The molecule has 9 heteroatoms. The Kier molecular flexibility index (Phi) is 6.51. The van der Waals surface area contributed by atoms with Crippen molar-refractivity contribution in [2.45, 2.75) is 90.8 Å². The second kappa shape index (κ2) is 8.57. The normalized spacial score (nSPS) is 46.2. The van der Waals surface area contributed by atoms with Crippen molar-refractivity contribution in [1.29, 1.82) is 0 Å². The first-order valence-corrected chi connectivity index (χ1v) is 13.7. The van der Waals surface area contributed by atoms with E-state index in [1.54, 1.807) is 0 Å². The molecule has 188 valence electrons. The van der Waals surface area contributed by atoms with Crippen molar-refractivity contribution in [3.63, 3.8) is 0 Å². The summed E-state index contributed by atoms with van der Waals surface area (Å²) in [6.45, 7) is 6.17. The van der Waals surface area contributed by atoms with Crippen LogP contribution in [0.5, 0.6) is 0 Å². The number of ketones is 1. The number of carboxylic acids is 1. The molecule has 4 fully saturated rings. The Bertz CT molecular complexity index is 902. The molecule has 0 aromatic rings. The van der Waals surface area contributed by atoms with E-state index >= 15 is 0 Å². The van der Waals surface area contributed by atoms with Crippen molar-refractivity contribution in [2.24, 2.45) is 46.3 Å². The summed E-state index contributed by atoms with van der Waals surface area (Å²) in [6, 6.07) is 0. The van der Waals surface area contributed by atoms with E-state index < -0.39 is 34.0 Å². The van der Waals surface area contributed by atoms with Crippen LogP contribution in [-0.4, -0.2) is 47.1 Å². The molecule has 0 aromatic carbocycles. The Morgan fingerprint density at radius 3 is 2.52 bits per heavy atom. The summed E-state index contributed by atoms with van der Waals surface area (Å²) in [5, 5.41) is 19.4. The zero-order valence-corrected chi connectivity index (χ0v) is 20.6. The highest BCUT2D eigenvalue weighted by Crippen LogP contribution is 2.68. The van der Waals surface area contributed by atoms with Crippen LogP contribution in [-0.2, 0) is 24.2 Å². The number of aliphatic hydroxyl groups excluding tert-OH is 1. The molecule has 0 amide bonds. The minimum absolute atomic E-state index is 0.000979. The zero-order chi connectivity index (χ0) is 24.3. The molecular formula is C24H38O8S. The van der Waals surface area contributed by atoms with Gasteiger partial charge in [-0.3, -0.25) is 14.1 Å². The fourth-order valence-corrected chi connectivity index (χ4v) is 9.24. The molecule has 8 nitrogen and oxygen atoms in total. The fourth-order valence-electron chi connectivity index (χ4n) is 8.66. The lowest BCUT2D eigenvalue weighted by atomic mass is 9.43. The van der Waals surface area contributed by atoms with Crippen LogP contribution >= 0.6 is 0 Å².